The highest BCUT2D eigenvalue weighted by Crippen LogP contribution is 2.32. The number of rotatable bonds is 1. The Morgan fingerprint density at radius 2 is 2.40 bits per heavy atom. The number of nitrogens with zero attached hydrogens (tertiary/aromatic N) is 2. The van der Waals surface area contributed by atoms with Crippen LogP contribution in [0.2, 0.25) is 0 Å². The molecule has 0 saturated heterocycles. The molecule has 0 saturated carbocycles. The first-order valence-electron chi connectivity index (χ1n) is 4.76. The molecule has 0 aliphatic carbocycles. The summed E-state index contributed by atoms with van der Waals surface area (Å²) in [5, 5.41) is 0. The lowest BCUT2D eigenvalue weighted by Crippen LogP contribution is -2.36. The van der Waals surface area contributed by atoms with E-state index in [2.05, 4.69) is 9.98 Å². The Hall–Kier alpha value is -1.71. The molecule has 0 bridgehead atoms. The zero-order chi connectivity index (χ0) is 10.9. The van der Waals surface area contributed by atoms with Gasteiger partial charge in [0.05, 0.1) is 11.3 Å². The van der Waals surface area contributed by atoms with Gasteiger partial charge in [-0.2, -0.15) is 0 Å². The predicted octanol–water partition coefficient (Wildman–Crippen LogP) is 1.59. The van der Waals surface area contributed by atoms with E-state index >= 15 is 0 Å². The molecule has 1 aliphatic heterocycles. The van der Waals surface area contributed by atoms with Crippen LogP contribution in [0.1, 0.15) is 25.8 Å². The van der Waals surface area contributed by atoms with Crippen molar-refractivity contribution in [2.45, 2.75) is 25.9 Å². The second-order valence-electron chi connectivity index (χ2n) is 4.09. The molecule has 0 radical (unpaired) electrons. The van der Waals surface area contributed by atoms with Gasteiger partial charge in [0.25, 0.3) is 0 Å². The number of hydrogen-bond donors (Lipinski definition) is 0. The van der Waals surface area contributed by atoms with Gasteiger partial charge in [-0.05, 0) is 19.9 Å². The summed E-state index contributed by atoms with van der Waals surface area (Å²) in [5.74, 6) is 0.738. The van der Waals surface area contributed by atoms with Gasteiger partial charge in [0.1, 0.15) is 11.4 Å². The summed E-state index contributed by atoms with van der Waals surface area (Å²) in [4.78, 5) is 18.3. The number of carbonyl (C=O) groups excluding carboxylic acids is 1. The Bertz CT molecular complexity index is 424. The van der Waals surface area contributed by atoms with Gasteiger partial charge in [-0.3, -0.25) is 9.78 Å². The SMILES string of the molecule is CC1(C)CC(=NC=O)c2cnccc2O1. The molecule has 1 amide bonds. The summed E-state index contributed by atoms with van der Waals surface area (Å²) in [6.45, 7) is 3.94. The lowest BCUT2D eigenvalue weighted by Gasteiger charge is -2.32. The molecule has 2 heterocycles. The Balaban J connectivity index is 2.52. The second-order valence-corrected chi connectivity index (χ2v) is 4.09. The van der Waals surface area contributed by atoms with Crippen LogP contribution in [0.4, 0.5) is 0 Å². The second kappa shape index (κ2) is 3.46. The molecular weight excluding hydrogens is 192 g/mol. The van der Waals surface area contributed by atoms with E-state index in [1.165, 1.54) is 0 Å². The molecule has 4 heteroatoms. The standard InChI is InChI=1S/C11H12N2O2/c1-11(2)5-9(13-7-14)8-6-12-4-3-10(8)15-11/h3-4,6-7H,5H2,1-2H3. The number of aliphatic imine (C=N–C) groups is 1. The first-order chi connectivity index (χ1) is 7.12. The first kappa shape index (κ1) is 9.83. The molecule has 0 atom stereocenters. The third-order valence-electron chi connectivity index (χ3n) is 2.28. The van der Waals surface area contributed by atoms with Crippen molar-refractivity contribution in [2.24, 2.45) is 4.99 Å². The Kier molecular flexibility index (Phi) is 2.26. The van der Waals surface area contributed by atoms with Crippen LogP contribution >= 0.6 is 0 Å². The van der Waals surface area contributed by atoms with Crippen LogP contribution in [0.5, 0.6) is 5.75 Å². The monoisotopic (exact) mass is 204 g/mol. The summed E-state index contributed by atoms with van der Waals surface area (Å²) in [6, 6.07) is 1.79. The van der Waals surface area contributed by atoms with E-state index in [-0.39, 0.29) is 5.60 Å². The van der Waals surface area contributed by atoms with Gasteiger partial charge in [-0.1, -0.05) is 0 Å². The van der Waals surface area contributed by atoms with Crippen LogP contribution in [0.25, 0.3) is 0 Å². The molecule has 2 rings (SSSR count). The highest BCUT2D eigenvalue weighted by Gasteiger charge is 2.30. The molecule has 1 aliphatic rings. The van der Waals surface area contributed by atoms with Gasteiger partial charge >= 0.3 is 0 Å². The van der Waals surface area contributed by atoms with Crippen molar-refractivity contribution in [3.05, 3.63) is 24.0 Å². The zero-order valence-electron chi connectivity index (χ0n) is 8.73. The quantitative estimate of drug-likeness (QED) is 0.653. The summed E-state index contributed by atoms with van der Waals surface area (Å²) < 4.78 is 5.76. The number of amides is 1. The first-order valence-corrected chi connectivity index (χ1v) is 4.76. The fourth-order valence-corrected chi connectivity index (χ4v) is 1.70. The fraction of sp³-hybridized carbons (Fsp3) is 0.364. The van der Waals surface area contributed by atoms with Crippen molar-refractivity contribution in [1.29, 1.82) is 0 Å². The number of fused-ring (bicyclic) bond motifs is 1. The highest BCUT2D eigenvalue weighted by molar-refractivity contribution is 6.06. The van der Waals surface area contributed by atoms with E-state index in [0.717, 1.165) is 17.0 Å². The molecular formula is C11H12N2O2. The zero-order valence-corrected chi connectivity index (χ0v) is 8.73. The van der Waals surface area contributed by atoms with Crippen LogP contribution in [0, 0.1) is 0 Å². The Morgan fingerprint density at radius 3 is 3.13 bits per heavy atom. The maximum absolute atomic E-state index is 10.4. The van der Waals surface area contributed by atoms with E-state index in [1.807, 2.05) is 13.8 Å². The summed E-state index contributed by atoms with van der Waals surface area (Å²) >= 11 is 0. The summed E-state index contributed by atoms with van der Waals surface area (Å²) in [5.41, 5.74) is 1.23. The number of hydrogen-bond acceptors (Lipinski definition) is 3. The van der Waals surface area contributed by atoms with Crippen LogP contribution in [0.3, 0.4) is 0 Å². The molecule has 0 aromatic carbocycles. The summed E-state index contributed by atoms with van der Waals surface area (Å²) in [7, 11) is 0. The average molecular weight is 204 g/mol. The van der Waals surface area contributed by atoms with E-state index in [9.17, 15) is 4.79 Å². The minimum Gasteiger partial charge on any atom is -0.487 e. The van der Waals surface area contributed by atoms with Gasteiger partial charge in [0, 0.05) is 18.8 Å². The van der Waals surface area contributed by atoms with Gasteiger partial charge in [0.15, 0.2) is 0 Å². The van der Waals surface area contributed by atoms with Crippen LogP contribution in [0.15, 0.2) is 23.5 Å². The van der Waals surface area contributed by atoms with Crippen molar-refractivity contribution < 1.29 is 9.53 Å². The third kappa shape index (κ3) is 1.88. The van der Waals surface area contributed by atoms with Gasteiger partial charge < -0.3 is 4.74 Å². The molecule has 0 fully saturated rings. The maximum Gasteiger partial charge on any atom is 0.233 e. The predicted molar refractivity (Wildman–Crippen MR) is 56.2 cm³/mol. The van der Waals surface area contributed by atoms with Gasteiger partial charge in [0.2, 0.25) is 6.41 Å². The van der Waals surface area contributed by atoms with E-state index < -0.39 is 0 Å². The number of ether oxygens (including phenoxy) is 1. The average Bonchev–Trinajstić information content (AvgIpc) is 2.16. The van der Waals surface area contributed by atoms with Gasteiger partial charge in [-0.15, -0.1) is 0 Å². The summed E-state index contributed by atoms with van der Waals surface area (Å²) in [6.07, 6.45) is 4.52. The maximum atomic E-state index is 10.4. The number of aromatic nitrogens is 1. The van der Waals surface area contributed by atoms with E-state index in [4.69, 9.17) is 4.74 Å². The molecule has 1 aromatic rings. The topological polar surface area (TPSA) is 51.5 Å². The number of pyridine rings is 1. The lowest BCUT2D eigenvalue weighted by atomic mass is 9.93. The third-order valence-corrected chi connectivity index (χ3v) is 2.28. The van der Waals surface area contributed by atoms with Gasteiger partial charge in [-0.25, -0.2) is 4.99 Å². The Morgan fingerprint density at radius 1 is 1.60 bits per heavy atom. The largest absolute Gasteiger partial charge is 0.487 e. The van der Waals surface area contributed by atoms with Crippen LogP contribution in [-0.4, -0.2) is 22.7 Å². The van der Waals surface area contributed by atoms with Crippen LogP contribution in [-0.2, 0) is 4.79 Å². The van der Waals surface area contributed by atoms with Crippen molar-refractivity contribution >= 4 is 12.1 Å². The Labute approximate surface area is 88.0 Å². The lowest BCUT2D eigenvalue weighted by molar-refractivity contribution is -0.106. The minimum absolute atomic E-state index is 0.323. The van der Waals surface area contributed by atoms with Crippen molar-refractivity contribution in [1.82, 2.24) is 4.98 Å². The highest BCUT2D eigenvalue weighted by atomic mass is 16.5. The molecule has 15 heavy (non-hydrogen) atoms. The normalized spacial score (nSPS) is 20.5. The van der Waals surface area contributed by atoms with E-state index in [0.29, 0.717) is 12.8 Å². The minimum atomic E-state index is -0.323. The molecule has 0 spiro atoms. The van der Waals surface area contributed by atoms with Crippen LogP contribution < -0.4 is 4.74 Å². The fourth-order valence-electron chi connectivity index (χ4n) is 1.70. The smallest absolute Gasteiger partial charge is 0.233 e. The number of carbonyl (C=O) groups is 1. The van der Waals surface area contributed by atoms with E-state index in [1.54, 1.807) is 18.5 Å². The van der Waals surface area contributed by atoms with Crippen molar-refractivity contribution in [3.8, 4) is 5.75 Å². The molecule has 0 unspecified atom stereocenters. The van der Waals surface area contributed by atoms with Crippen molar-refractivity contribution in [2.75, 3.05) is 0 Å². The van der Waals surface area contributed by atoms with Crippen molar-refractivity contribution in [3.63, 3.8) is 0 Å². The molecule has 78 valence electrons. The molecule has 0 N–H and O–H groups in total. The molecule has 4 nitrogen and oxygen atoms in total. The molecule has 1 aromatic heterocycles.